The van der Waals surface area contributed by atoms with Crippen LogP contribution in [-0.4, -0.2) is 54.9 Å². The lowest BCUT2D eigenvalue weighted by Crippen LogP contribution is -2.50. The molecule has 1 heterocycles. The summed E-state index contributed by atoms with van der Waals surface area (Å²) in [6, 6.07) is -1.10. The molecule has 0 aromatic heterocycles. The van der Waals surface area contributed by atoms with Crippen LogP contribution < -0.4 is 5.32 Å². The van der Waals surface area contributed by atoms with Gasteiger partial charge in [0.25, 0.3) is 0 Å². The highest BCUT2D eigenvalue weighted by Crippen LogP contribution is 2.16. The average Bonchev–Trinajstić information content (AvgIpc) is 2.38. The Bertz CT molecular complexity index is 301. The molecule has 0 aliphatic carbocycles. The lowest BCUT2D eigenvalue weighted by atomic mass is 9.99. The number of carboxylic acid groups (broad SMARTS) is 1. The molecule has 6 nitrogen and oxygen atoms in total. The molecule has 1 fully saturated rings. The van der Waals surface area contributed by atoms with Crippen LogP contribution in [0.1, 0.15) is 32.6 Å². The molecule has 1 aliphatic rings. The fourth-order valence-electron chi connectivity index (χ4n) is 2.14. The van der Waals surface area contributed by atoms with Gasteiger partial charge in [-0.2, -0.15) is 0 Å². The van der Waals surface area contributed by atoms with E-state index in [0.717, 1.165) is 12.8 Å². The van der Waals surface area contributed by atoms with Gasteiger partial charge >= 0.3 is 12.0 Å². The minimum atomic E-state index is -0.991. The molecule has 0 saturated carbocycles. The second-order valence-corrected chi connectivity index (χ2v) is 5.14. The first-order chi connectivity index (χ1) is 9.04. The Hall–Kier alpha value is -1.30. The van der Waals surface area contributed by atoms with Crippen LogP contribution in [0.5, 0.6) is 0 Å². The summed E-state index contributed by atoms with van der Waals surface area (Å²) in [5, 5.41) is 11.7. The maximum atomic E-state index is 12.0. The van der Waals surface area contributed by atoms with Crippen molar-refractivity contribution in [3.63, 3.8) is 0 Å². The number of carboxylic acids is 1. The molecule has 1 atom stereocenters. The predicted octanol–water partition coefficient (Wildman–Crippen LogP) is 1.31. The van der Waals surface area contributed by atoms with E-state index in [1.807, 2.05) is 0 Å². The first-order valence-electron chi connectivity index (χ1n) is 6.81. The molecule has 1 rings (SSSR count). The van der Waals surface area contributed by atoms with E-state index in [1.54, 1.807) is 12.0 Å². The number of urea groups is 1. The number of ether oxygens (including phenoxy) is 1. The van der Waals surface area contributed by atoms with Crippen molar-refractivity contribution in [1.29, 1.82) is 0 Å². The first-order valence-corrected chi connectivity index (χ1v) is 6.81. The highest BCUT2D eigenvalue weighted by molar-refractivity contribution is 5.82. The summed E-state index contributed by atoms with van der Waals surface area (Å²) in [4.78, 5) is 24.8. The molecular weight excluding hydrogens is 248 g/mol. The molecule has 2 N–H and O–H groups in total. The number of carbonyl (C=O) groups is 2. The van der Waals surface area contributed by atoms with Crippen LogP contribution in [0.3, 0.4) is 0 Å². The molecule has 0 spiro atoms. The van der Waals surface area contributed by atoms with Gasteiger partial charge in [-0.15, -0.1) is 0 Å². The number of nitrogens with zero attached hydrogens (tertiary/aromatic N) is 1. The van der Waals surface area contributed by atoms with Gasteiger partial charge in [0, 0.05) is 26.8 Å². The van der Waals surface area contributed by atoms with E-state index < -0.39 is 12.0 Å². The quantitative estimate of drug-likeness (QED) is 0.714. The number of rotatable bonds is 6. The van der Waals surface area contributed by atoms with Gasteiger partial charge in [-0.1, -0.05) is 6.92 Å². The summed E-state index contributed by atoms with van der Waals surface area (Å²) in [6.07, 6.45) is 2.97. The minimum absolute atomic E-state index is 0.267. The summed E-state index contributed by atoms with van der Waals surface area (Å²) in [5.41, 5.74) is 0. The number of hydrogen-bond acceptors (Lipinski definition) is 3. The van der Waals surface area contributed by atoms with Crippen molar-refractivity contribution in [3.8, 4) is 0 Å². The van der Waals surface area contributed by atoms with Gasteiger partial charge in [0.1, 0.15) is 6.04 Å². The Labute approximate surface area is 114 Å². The lowest BCUT2D eigenvalue weighted by molar-refractivity contribution is -0.139. The summed E-state index contributed by atoms with van der Waals surface area (Å²) in [7, 11) is 1.57. The van der Waals surface area contributed by atoms with Crippen molar-refractivity contribution in [1.82, 2.24) is 10.2 Å². The number of aliphatic carboxylic acids is 1. The predicted molar refractivity (Wildman–Crippen MR) is 71.0 cm³/mol. The fourth-order valence-corrected chi connectivity index (χ4v) is 2.14. The molecule has 1 unspecified atom stereocenters. The van der Waals surface area contributed by atoms with Gasteiger partial charge < -0.3 is 20.1 Å². The molecule has 1 aliphatic heterocycles. The number of piperidine rings is 1. The number of methoxy groups -OCH3 is 1. The van der Waals surface area contributed by atoms with E-state index in [4.69, 9.17) is 9.84 Å². The summed E-state index contributed by atoms with van der Waals surface area (Å²) in [6.45, 7) is 4.08. The van der Waals surface area contributed by atoms with E-state index in [2.05, 4.69) is 12.2 Å². The van der Waals surface area contributed by atoms with Crippen molar-refractivity contribution in [2.45, 2.75) is 38.6 Å². The van der Waals surface area contributed by atoms with Gasteiger partial charge in [0.15, 0.2) is 0 Å². The Morgan fingerprint density at radius 3 is 2.58 bits per heavy atom. The van der Waals surface area contributed by atoms with Gasteiger partial charge in [-0.3, -0.25) is 0 Å². The number of amides is 2. The number of hydrogen-bond donors (Lipinski definition) is 2. The Morgan fingerprint density at radius 2 is 2.05 bits per heavy atom. The standard InChI is InChI=1S/C13H24N2O4/c1-10-5-7-15(8-6-10)13(18)14-11(12(16)17)4-3-9-19-2/h10-11H,3-9H2,1-2H3,(H,14,18)(H,16,17). The normalized spacial score (nSPS) is 18.1. The van der Waals surface area contributed by atoms with Gasteiger partial charge in [0.05, 0.1) is 0 Å². The zero-order chi connectivity index (χ0) is 14.3. The summed E-state index contributed by atoms with van der Waals surface area (Å²) >= 11 is 0. The molecular formula is C13H24N2O4. The second kappa shape index (κ2) is 7.99. The van der Waals surface area contributed by atoms with Crippen LogP contribution in [0, 0.1) is 5.92 Å². The van der Waals surface area contributed by atoms with Crippen LogP contribution in [0.25, 0.3) is 0 Å². The lowest BCUT2D eigenvalue weighted by Gasteiger charge is -2.31. The van der Waals surface area contributed by atoms with Crippen LogP contribution in [0.4, 0.5) is 4.79 Å². The van der Waals surface area contributed by atoms with E-state index >= 15 is 0 Å². The zero-order valence-electron chi connectivity index (χ0n) is 11.7. The van der Waals surface area contributed by atoms with E-state index in [-0.39, 0.29) is 6.03 Å². The van der Waals surface area contributed by atoms with Gasteiger partial charge in [-0.05, 0) is 31.6 Å². The fraction of sp³-hybridized carbons (Fsp3) is 0.846. The molecule has 110 valence electrons. The second-order valence-electron chi connectivity index (χ2n) is 5.14. The SMILES string of the molecule is COCCCC(NC(=O)N1CCC(C)CC1)C(=O)O. The highest BCUT2D eigenvalue weighted by Gasteiger charge is 2.25. The van der Waals surface area contributed by atoms with Crippen LogP contribution in [0.15, 0.2) is 0 Å². The van der Waals surface area contributed by atoms with Crippen molar-refractivity contribution >= 4 is 12.0 Å². The van der Waals surface area contributed by atoms with E-state index in [1.165, 1.54) is 0 Å². The van der Waals surface area contributed by atoms with E-state index in [9.17, 15) is 9.59 Å². The molecule has 6 heteroatoms. The number of nitrogens with one attached hydrogen (secondary N) is 1. The number of likely N-dealkylation sites (tertiary alicyclic amines) is 1. The first kappa shape index (κ1) is 15.8. The zero-order valence-corrected chi connectivity index (χ0v) is 11.7. The topological polar surface area (TPSA) is 78.9 Å². The maximum absolute atomic E-state index is 12.0. The molecule has 0 aromatic rings. The molecule has 19 heavy (non-hydrogen) atoms. The maximum Gasteiger partial charge on any atom is 0.326 e. The summed E-state index contributed by atoms with van der Waals surface area (Å²) in [5.74, 6) is -0.351. The van der Waals surface area contributed by atoms with E-state index in [0.29, 0.717) is 38.5 Å². The van der Waals surface area contributed by atoms with Crippen LogP contribution in [0.2, 0.25) is 0 Å². The molecule has 2 amide bonds. The van der Waals surface area contributed by atoms with Crippen molar-refractivity contribution in [2.24, 2.45) is 5.92 Å². The monoisotopic (exact) mass is 272 g/mol. The largest absolute Gasteiger partial charge is 0.480 e. The minimum Gasteiger partial charge on any atom is -0.480 e. The third-order valence-corrected chi connectivity index (χ3v) is 3.51. The third-order valence-electron chi connectivity index (χ3n) is 3.51. The van der Waals surface area contributed by atoms with Crippen LogP contribution in [-0.2, 0) is 9.53 Å². The number of carbonyl (C=O) groups excluding carboxylic acids is 1. The average molecular weight is 272 g/mol. The summed E-state index contributed by atoms with van der Waals surface area (Å²) < 4.78 is 4.89. The Morgan fingerprint density at radius 1 is 1.42 bits per heavy atom. The van der Waals surface area contributed by atoms with Crippen LogP contribution >= 0.6 is 0 Å². The molecule has 0 radical (unpaired) electrons. The van der Waals surface area contributed by atoms with Crippen molar-refractivity contribution in [3.05, 3.63) is 0 Å². The van der Waals surface area contributed by atoms with Gasteiger partial charge in [0.2, 0.25) is 0 Å². The molecule has 0 bridgehead atoms. The van der Waals surface area contributed by atoms with Crippen molar-refractivity contribution < 1.29 is 19.4 Å². The third kappa shape index (κ3) is 5.46. The Balaban J connectivity index is 2.40. The molecule has 1 saturated heterocycles. The molecule has 0 aromatic carbocycles. The van der Waals surface area contributed by atoms with Crippen molar-refractivity contribution in [2.75, 3.05) is 26.8 Å². The Kier molecular flexibility index (Phi) is 6.62. The smallest absolute Gasteiger partial charge is 0.326 e. The highest BCUT2D eigenvalue weighted by atomic mass is 16.5. The van der Waals surface area contributed by atoms with Gasteiger partial charge in [-0.25, -0.2) is 9.59 Å².